The Morgan fingerprint density at radius 3 is 2.95 bits per heavy atom. The van der Waals surface area contributed by atoms with Crippen LogP contribution < -0.4 is 10.1 Å². The molecule has 1 heterocycles. The lowest BCUT2D eigenvalue weighted by Crippen LogP contribution is -2.43. The van der Waals surface area contributed by atoms with Crippen molar-refractivity contribution in [2.45, 2.75) is 26.2 Å². The molecule has 5 nitrogen and oxygen atoms in total. The highest BCUT2D eigenvalue weighted by Crippen LogP contribution is 2.16. The minimum atomic E-state index is 0.00759. The number of carbonyl (C=O) groups is 2. The molecule has 0 bridgehead atoms. The van der Waals surface area contributed by atoms with Crippen molar-refractivity contribution in [3.63, 3.8) is 0 Å². The highest BCUT2D eigenvalue weighted by molar-refractivity contribution is 5.78. The van der Waals surface area contributed by atoms with Crippen molar-refractivity contribution in [1.29, 1.82) is 0 Å². The predicted molar refractivity (Wildman–Crippen MR) is 84.7 cm³/mol. The van der Waals surface area contributed by atoms with Gasteiger partial charge in [0.1, 0.15) is 5.75 Å². The molecule has 2 amide bonds. The second-order valence-electron chi connectivity index (χ2n) is 5.81. The first kappa shape index (κ1) is 16.3. The average molecular weight is 304 g/mol. The molecule has 1 aromatic carbocycles. The van der Waals surface area contributed by atoms with Crippen molar-refractivity contribution in [3.8, 4) is 5.75 Å². The fraction of sp³-hybridized carbons (Fsp3) is 0.529. The van der Waals surface area contributed by atoms with Crippen LogP contribution in [0.5, 0.6) is 5.75 Å². The maximum atomic E-state index is 12.0. The van der Waals surface area contributed by atoms with Crippen molar-refractivity contribution in [1.82, 2.24) is 10.2 Å². The second kappa shape index (κ2) is 7.82. The largest absolute Gasteiger partial charge is 0.497 e. The zero-order valence-electron chi connectivity index (χ0n) is 13.3. The van der Waals surface area contributed by atoms with Gasteiger partial charge in [-0.3, -0.25) is 9.59 Å². The molecule has 22 heavy (non-hydrogen) atoms. The number of hydrogen-bond acceptors (Lipinski definition) is 3. The SMILES string of the molecule is COc1cccc(CC(=O)NCC2CCCN(C(C)=O)C2)c1. The first-order chi connectivity index (χ1) is 10.6. The number of likely N-dealkylation sites (tertiary alicyclic amines) is 1. The van der Waals surface area contributed by atoms with Gasteiger partial charge in [-0.25, -0.2) is 0 Å². The van der Waals surface area contributed by atoms with Crippen molar-refractivity contribution >= 4 is 11.8 Å². The van der Waals surface area contributed by atoms with Gasteiger partial charge in [0.15, 0.2) is 0 Å². The van der Waals surface area contributed by atoms with E-state index in [4.69, 9.17) is 4.74 Å². The van der Waals surface area contributed by atoms with Crippen LogP contribution in [0.25, 0.3) is 0 Å². The van der Waals surface area contributed by atoms with Crippen molar-refractivity contribution in [3.05, 3.63) is 29.8 Å². The molecule has 0 aliphatic carbocycles. The van der Waals surface area contributed by atoms with Gasteiger partial charge in [-0.15, -0.1) is 0 Å². The standard InChI is InChI=1S/C17H24N2O3/c1-13(20)19-8-4-6-15(12-19)11-18-17(21)10-14-5-3-7-16(9-14)22-2/h3,5,7,9,15H,4,6,8,10-12H2,1-2H3,(H,18,21). The molecule has 120 valence electrons. The molecule has 1 atom stereocenters. The Hall–Kier alpha value is -2.04. The molecule has 1 fully saturated rings. The highest BCUT2D eigenvalue weighted by atomic mass is 16.5. The van der Waals surface area contributed by atoms with Crippen LogP contribution in [0.15, 0.2) is 24.3 Å². The summed E-state index contributed by atoms with van der Waals surface area (Å²) in [5.41, 5.74) is 0.936. The van der Waals surface area contributed by atoms with E-state index in [0.717, 1.165) is 37.2 Å². The Bertz CT molecular complexity index is 530. The molecule has 0 spiro atoms. The third kappa shape index (κ3) is 4.76. The van der Waals surface area contributed by atoms with Crippen molar-refractivity contribution in [2.24, 2.45) is 5.92 Å². The molecule has 1 unspecified atom stereocenters. The highest BCUT2D eigenvalue weighted by Gasteiger charge is 2.21. The molecule has 1 aliphatic heterocycles. The van der Waals surface area contributed by atoms with Crippen LogP contribution in [-0.4, -0.2) is 43.5 Å². The van der Waals surface area contributed by atoms with Gasteiger partial charge in [-0.1, -0.05) is 12.1 Å². The third-order valence-electron chi connectivity index (χ3n) is 4.05. The van der Waals surface area contributed by atoms with E-state index in [1.54, 1.807) is 14.0 Å². The molecule has 1 N–H and O–H groups in total. The minimum Gasteiger partial charge on any atom is -0.497 e. The number of nitrogens with zero attached hydrogens (tertiary/aromatic N) is 1. The average Bonchev–Trinajstić information content (AvgIpc) is 2.53. The van der Waals surface area contributed by atoms with Crippen LogP contribution in [0.3, 0.4) is 0 Å². The molecule has 2 rings (SSSR count). The van der Waals surface area contributed by atoms with E-state index in [1.165, 1.54) is 0 Å². The van der Waals surface area contributed by atoms with E-state index >= 15 is 0 Å². The van der Waals surface area contributed by atoms with Gasteiger partial charge in [0.05, 0.1) is 13.5 Å². The smallest absolute Gasteiger partial charge is 0.224 e. The van der Waals surface area contributed by atoms with Gasteiger partial charge < -0.3 is 15.0 Å². The van der Waals surface area contributed by atoms with Crippen LogP contribution in [0, 0.1) is 5.92 Å². The van der Waals surface area contributed by atoms with Gasteiger partial charge in [0, 0.05) is 26.6 Å². The fourth-order valence-corrected chi connectivity index (χ4v) is 2.81. The summed E-state index contributed by atoms with van der Waals surface area (Å²) in [5.74, 6) is 1.24. The van der Waals surface area contributed by atoms with E-state index in [0.29, 0.717) is 18.9 Å². The van der Waals surface area contributed by atoms with Gasteiger partial charge in [-0.05, 0) is 36.5 Å². The quantitative estimate of drug-likeness (QED) is 0.899. The van der Waals surface area contributed by atoms with E-state index in [1.807, 2.05) is 29.2 Å². The molecule has 1 aromatic rings. The van der Waals surface area contributed by atoms with Gasteiger partial charge >= 0.3 is 0 Å². The zero-order valence-corrected chi connectivity index (χ0v) is 13.3. The van der Waals surface area contributed by atoms with Crippen LogP contribution in [0.1, 0.15) is 25.3 Å². The van der Waals surface area contributed by atoms with Gasteiger partial charge in [0.2, 0.25) is 11.8 Å². The summed E-state index contributed by atoms with van der Waals surface area (Å²) in [6.45, 7) is 3.81. The Labute approximate surface area is 131 Å². The molecule has 5 heteroatoms. The second-order valence-corrected chi connectivity index (χ2v) is 5.81. The van der Waals surface area contributed by atoms with Crippen LogP contribution in [0.2, 0.25) is 0 Å². The monoisotopic (exact) mass is 304 g/mol. The number of benzene rings is 1. The Morgan fingerprint density at radius 1 is 1.41 bits per heavy atom. The van der Waals surface area contributed by atoms with Crippen molar-refractivity contribution in [2.75, 3.05) is 26.7 Å². The number of rotatable bonds is 5. The zero-order chi connectivity index (χ0) is 15.9. The molecule has 0 aromatic heterocycles. The van der Waals surface area contributed by atoms with Crippen molar-refractivity contribution < 1.29 is 14.3 Å². The number of amides is 2. The Morgan fingerprint density at radius 2 is 2.23 bits per heavy atom. The predicted octanol–water partition coefficient (Wildman–Crippen LogP) is 1.61. The lowest BCUT2D eigenvalue weighted by atomic mass is 9.98. The number of nitrogens with one attached hydrogen (secondary N) is 1. The number of carbonyl (C=O) groups excluding carboxylic acids is 2. The van der Waals surface area contributed by atoms with E-state index < -0.39 is 0 Å². The summed E-state index contributed by atoms with van der Waals surface area (Å²) >= 11 is 0. The number of piperidine rings is 1. The van der Waals surface area contributed by atoms with Crippen LogP contribution in [-0.2, 0) is 16.0 Å². The van der Waals surface area contributed by atoms with E-state index in [9.17, 15) is 9.59 Å². The first-order valence-corrected chi connectivity index (χ1v) is 7.73. The Kier molecular flexibility index (Phi) is 5.81. The molecular formula is C17H24N2O3. The number of hydrogen-bond donors (Lipinski definition) is 1. The summed E-state index contributed by atoms with van der Waals surface area (Å²) in [6.07, 6.45) is 2.42. The molecule has 1 saturated heterocycles. The maximum absolute atomic E-state index is 12.0. The summed E-state index contributed by atoms with van der Waals surface area (Å²) in [6, 6.07) is 7.53. The summed E-state index contributed by atoms with van der Waals surface area (Å²) in [5, 5.41) is 2.98. The van der Waals surface area contributed by atoms with Gasteiger partial charge in [-0.2, -0.15) is 0 Å². The third-order valence-corrected chi connectivity index (χ3v) is 4.05. The number of ether oxygens (including phenoxy) is 1. The Balaban J connectivity index is 1.78. The topological polar surface area (TPSA) is 58.6 Å². The number of methoxy groups -OCH3 is 1. The van der Waals surface area contributed by atoms with E-state index in [-0.39, 0.29) is 11.8 Å². The lowest BCUT2D eigenvalue weighted by Gasteiger charge is -2.32. The molecule has 1 aliphatic rings. The summed E-state index contributed by atoms with van der Waals surface area (Å²) in [4.78, 5) is 25.3. The van der Waals surface area contributed by atoms with E-state index in [2.05, 4.69) is 5.32 Å². The maximum Gasteiger partial charge on any atom is 0.224 e. The summed E-state index contributed by atoms with van der Waals surface area (Å²) in [7, 11) is 1.61. The summed E-state index contributed by atoms with van der Waals surface area (Å²) < 4.78 is 5.16. The molecule has 0 radical (unpaired) electrons. The molecular weight excluding hydrogens is 280 g/mol. The fourth-order valence-electron chi connectivity index (χ4n) is 2.81. The molecule has 0 saturated carbocycles. The van der Waals surface area contributed by atoms with Crippen LogP contribution >= 0.6 is 0 Å². The normalized spacial score (nSPS) is 17.9. The van der Waals surface area contributed by atoms with Crippen LogP contribution in [0.4, 0.5) is 0 Å². The minimum absolute atomic E-state index is 0.00759. The lowest BCUT2D eigenvalue weighted by molar-refractivity contribution is -0.130. The van der Waals surface area contributed by atoms with Gasteiger partial charge in [0.25, 0.3) is 0 Å². The first-order valence-electron chi connectivity index (χ1n) is 7.73.